The second-order valence-corrected chi connectivity index (χ2v) is 30.0. The topological polar surface area (TPSA) is 102 Å². The zero-order valence-electron chi connectivity index (χ0n) is 39.4. The van der Waals surface area contributed by atoms with E-state index in [1.54, 1.807) is 0 Å². The zero-order valence-corrected chi connectivity index (χ0v) is 42.2. The highest BCUT2D eigenvalue weighted by atomic mass is 32.2. The molecular weight excluding hydrogens is 846 g/mol. The smallest absolute Gasteiger partial charge is 0.534 e. The Hall–Kier alpha value is -3.43. The molecule has 2 aliphatic rings. The molecule has 62 heavy (non-hydrogen) atoms. The Morgan fingerprint density at radius 1 is 0.710 bits per heavy atom. The third kappa shape index (κ3) is 16.0. The van der Waals surface area contributed by atoms with Crippen LogP contribution in [0.2, 0.25) is 39.3 Å². The molecule has 0 aliphatic heterocycles. The van der Waals surface area contributed by atoms with Gasteiger partial charge in [-0.1, -0.05) is 99.5 Å². The maximum Gasteiger partial charge on any atom is 0.534 e. The lowest BCUT2D eigenvalue weighted by Gasteiger charge is -2.35. The molecule has 0 unspecified atom stereocenters. The van der Waals surface area contributed by atoms with E-state index in [-0.39, 0.29) is 46.7 Å². The molecule has 13 heteroatoms. The Morgan fingerprint density at radius 2 is 1.11 bits per heavy atom. The number of allylic oxidation sites excluding steroid dienone is 6. The highest BCUT2D eigenvalue weighted by Gasteiger charge is 2.49. The SMILES string of the molecule is C=C(C)[C@@H]1CCC(C)=C[C@H]1c1c(O)cc(CCCCCCCCCC)cc1O.C=C(C)[C@@H]1CCC(C)=C[C@H]1c1c(O[Si](C)(C)C)cc(OS(=O)(=O)C(F)(F)F)cc1O[Si](C)(C)C. The lowest BCUT2D eigenvalue weighted by molar-refractivity contribution is -0.0500. The number of aryl methyl sites for hydroxylation is 1. The average molecular weight is 921 g/mol. The van der Waals surface area contributed by atoms with Crippen LogP contribution in [0.25, 0.3) is 0 Å². The fourth-order valence-corrected chi connectivity index (χ4v) is 10.5. The first-order chi connectivity index (χ1) is 28.6. The van der Waals surface area contributed by atoms with E-state index in [2.05, 4.69) is 50.3 Å². The number of aromatic hydroxyl groups is 2. The minimum absolute atomic E-state index is 0.0171. The summed E-state index contributed by atoms with van der Waals surface area (Å²) in [7, 11) is -10.4. The normalized spacial score (nSPS) is 19.7. The quantitative estimate of drug-likeness (QED) is 0.0476. The molecule has 0 saturated heterocycles. The minimum Gasteiger partial charge on any atom is -0.544 e. The first kappa shape index (κ1) is 52.9. The van der Waals surface area contributed by atoms with Gasteiger partial charge in [0.1, 0.15) is 28.7 Å². The molecule has 0 heterocycles. The number of unbranched alkanes of at least 4 members (excludes halogenated alkanes) is 7. The summed E-state index contributed by atoms with van der Waals surface area (Å²) in [5, 5.41) is 21.4. The van der Waals surface area contributed by atoms with Gasteiger partial charge in [0.05, 0.1) is 0 Å². The molecule has 0 aromatic heterocycles. The van der Waals surface area contributed by atoms with Gasteiger partial charge in [0.15, 0.2) is 0 Å². The first-order valence-electron chi connectivity index (χ1n) is 22.4. The van der Waals surface area contributed by atoms with Gasteiger partial charge in [0.2, 0.25) is 16.6 Å². The van der Waals surface area contributed by atoms with Gasteiger partial charge >= 0.3 is 15.6 Å². The Labute approximate surface area is 373 Å². The average Bonchev–Trinajstić information content (AvgIpc) is 3.10. The molecule has 0 saturated carbocycles. The summed E-state index contributed by atoms with van der Waals surface area (Å²) >= 11 is 0. The van der Waals surface area contributed by atoms with Crippen LogP contribution in [0.15, 0.2) is 71.9 Å². The minimum atomic E-state index is -5.86. The number of alkyl halides is 3. The van der Waals surface area contributed by atoms with Crippen LogP contribution in [-0.2, 0) is 16.5 Å². The van der Waals surface area contributed by atoms with Crippen LogP contribution in [0.1, 0.15) is 140 Å². The standard InChI is InChI=1S/C26H40O2.C23H35F3O5SSi2/c1-5-6-7-8-9-10-11-12-13-21-17-24(27)26(25(28)18-21)23-16-20(4)14-15-22(23)19(2)3;1-15(2)18-11-10-16(3)12-19(18)22-20(30-33(4,5)6)13-17(14-21(22)31-34(7,8)9)29-32(27,28)23(24,25)26/h16-18,22-23,27-28H,2,5-15H2,1,3-4H3;12-14,18-19H,1,10-11H2,2-9H3/t22-,23+;18-,19+/m00/s1. The zero-order chi connectivity index (χ0) is 46.8. The van der Waals surface area contributed by atoms with Crippen molar-refractivity contribution in [2.24, 2.45) is 11.8 Å². The summed E-state index contributed by atoms with van der Waals surface area (Å²) in [6, 6.07) is 6.20. The molecule has 7 nitrogen and oxygen atoms in total. The number of hydrogen-bond acceptors (Lipinski definition) is 7. The second-order valence-electron chi connectivity index (χ2n) is 19.6. The maximum absolute atomic E-state index is 13.0. The third-order valence-electron chi connectivity index (χ3n) is 11.3. The van der Waals surface area contributed by atoms with E-state index < -0.39 is 38.0 Å². The van der Waals surface area contributed by atoms with E-state index in [4.69, 9.17) is 8.85 Å². The van der Waals surface area contributed by atoms with Crippen molar-refractivity contribution in [2.45, 2.75) is 175 Å². The molecule has 2 aliphatic carbocycles. The molecule has 0 fully saturated rings. The van der Waals surface area contributed by atoms with Crippen molar-refractivity contribution in [1.82, 2.24) is 0 Å². The maximum atomic E-state index is 13.0. The van der Waals surface area contributed by atoms with Crippen molar-refractivity contribution < 1.29 is 44.8 Å². The first-order valence-corrected chi connectivity index (χ1v) is 30.6. The summed E-state index contributed by atoms with van der Waals surface area (Å²) in [4.78, 5) is 0. The number of benzene rings is 2. The fraction of sp³-hybridized carbons (Fsp3) is 0.592. The highest BCUT2D eigenvalue weighted by Crippen LogP contribution is 2.50. The summed E-state index contributed by atoms with van der Waals surface area (Å²) in [6.07, 6.45) is 19.4. The van der Waals surface area contributed by atoms with Gasteiger partial charge in [-0.05, 0) is 135 Å². The van der Waals surface area contributed by atoms with Crippen LogP contribution in [0.3, 0.4) is 0 Å². The highest BCUT2D eigenvalue weighted by molar-refractivity contribution is 7.88. The van der Waals surface area contributed by atoms with E-state index in [1.807, 2.05) is 65.3 Å². The molecule has 2 aromatic rings. The van der Waals surface area contributed by atoms with Crippen LogP contribution in [0, 0.1) is 11.8 Å². The van der Waals surface area contributed by atoms with Crippen LogP contribution in [0.4, 0.5) is 13.2 Å². The Bertz CT molecular complexity index is 1970. The van der Waals surface area contributed by atoms with Gasteiger partial charge < -0.3 is 23.2 Å². The van der Waals surface area contributed by atoms with E-state index in [0.29, 0.717) is 11.1 Å². The molecule has 2 N–H and O–H groups in total. The number of phenols is 2. The van der Waals surface area contributed by atoms with Crippen molar-refractivity contribution in [3.05, 3.63) is 88.6 Å². The van der Waals surface area contributed by atoms with Gasteiger partial charge in [0, 0.05) is 35.1 Å². The number of rotatable bonds is 19. The molecular formula is C49H75F3O7SSi2. The van der Waals surface area contributed by atoms with Crippen molar-refractivity contribution in [3.8, 4) is 28.7 Å². The molecule has 4 rings (SSSR count). The van der Waals surface area contributed by atoms with Crippen molar-refractivity contribution >= 4 is 26.8 Å². The van der Waals surface area contributed by atoms with Gasteiger partial charge in [-0.3, -0.25) is 0 Å². The van der Waals surface area contributed by atoms with Crippen molar-refractivity contribution in [3.63, 3.8) is 0 Å². The molecule has 4 atom stereocenters. The van der Waals surface area contributed by atoms with Gasteiger partial charge in [-0.2, -0.15) is 21.6 Å². The predicted octanol–water partition coefficient (Wildman–Crippen LogP) is 15.2. The van der Waals surface area contributed by atoms with Crippen molar-refractivity contribution in [2.75, 3.05) is 0 Å². The summed E-state index contributed by atoms with van der Waals surface area (Å²) in [5.74, 6) is 0.718. The molecule has 0 amide bonds. The monoisotopic (exact) mass is 920 g/mol. The largest absolute Gasteiger partial charge is 0.544 e. The number of hydrogen-bond donors (Lipinski definition) is 2. The summed E-state index contributed by atoms with van der Waals surface area (Å²) < 4.78 is 79.7. The lowest BCUT2D eigenvalue weighted by atomic mass is 9.73. The van der Waals surface area contributed by atoms with Crippen LogP contribution < -0.4 is 13.0 Å². The third-order valence-corrected chi connectivity index (χ3v) is 14.0. The van der Waals surface area contributed by atoms with Crippen molar-refractivity contribution in [1.29, 1.82) is 0 Å². The van der Waals surface area contributed by atoms with Gasteiger partial charge in [0.25, 0.3) is 0 Å². The van der Waals surface area contributed by atoms with E-state index in [0.717, 1.165) is 55.2 Å². The predicted molar refractivity (Wildman–Crippen MR) is 254 cm³/mol. The van der Waals surface area contributed by atoms with Crippen LogP contribution in [0.5, 0.6) is 28.7 Å². The number of phenolic OH excluding ortho intramolecular Hbond substituents is 2. The van der Waals surface area contributed by atoms with E-state index in [1.165, 1.54) is 68.2 Å². The molecule has 0 bridgehead atoms. The van der Waals surface area contributed by atoms with Gasteiger partial charge in [-0.15, -0.1) is 0 Å². The second kappa shape index (κ2) is 22.5. The van der Waals surface area contributed by atoms with Crippen LogP contribution in [-0.4, -0.2) is 40.8 Å². The van der Waals surface area contributed by atoms with E-state index in [9.17, 15) is 31.8 Å². The molecule has 2 aromatic carbocycles. The Kier molecular flexibility index (Phi) is 19.2. The Morgan fingerprint density at radius 3 is 1.50 bits per heavy atom. The Balaban J connectivity index is 0.000000336. The van der Waals surface area contributed by atoms with Crippen LogP contribution >= 0.6 is 0 Å². The van der Waals surface area contributed by atoms with Gasteiger partial charge in [-0.25, -0.2) is 0 Å². The molecule has 0 spiro atoms. The molecule has 0 radical (unpaired) electrons. The summed E-state index contributed by atoms with van der Waals surface area (Å²) in [5.41, 5.74) is 1.44. The summed E-state index contributed by atoms with van der Waals surface area (Å²) in [6.45, 7) is 30.4. The molecule has 348 valence electrons. The van der Waals surface area contributed by atoms with E-state index >= 15 is 0 Å². The number of halogens is 3. The lowest BCUT2D eigenvalue weighted by Crippen LogP contribution is -2.33. The fourth-order valence-electron chi connectivity index (χ4n) is 8.40.